The lowest BCUT2D eigenvalue weighted by Gasteiger charge is -2.12. The molecule has 0 radical (unpaired) electrons. The second kappa shape index (κ2) is 6.81. The zero-order valence-corrected chi connectivity index (χ0v) is 12.6. The van der Waals surface area contributed by atoms with Crippen molar-refractivity contribution in [3.8, 4) is 5.75 Å². The Bertz CT molecular complexity index is 728. The molecule has 0 fully saturated rings. The van der Waals surface area contributed by atoms with Gasteiger partial charge in [-0.25, -0.2) is 0 Å². The number of halogens is 1. The third-order valence-corrected chi connectivity index (χ3v) is 2.87. The minimum atomic E-state index is -0.569. The summed E-state index contributed by atoms with van der Waals surface area (Å²) in [5, 5.41) is 8.04. The molecule has 0 saturated heterocycles. The van der Waals surface area contributed by atoms with E-state index in [4.69, 9.17) is 21.6 Å². The number of rotatable bonds is 4. The van der Waals surface area contributed by atoms with Gasteiger partial charge in [0.25, 0.3) is 11.8 Å². The molecule has 8 nitrogen and oxygen atoms in total. The van der Waals surface area contributed by atoms with Crippen LogP contribution in [0.3, 0.4) is 0 Å². The van der Waals surface area contributed by atoms with E-state index in [2.05, 4.69) is 4.98 Å². The van der Waals surface area contributed by atoms with E-state index in [-0.39, 0.29) is 25.0 Å². The van der Waals surface area contributed by atoms with Crippen LogP contribution in [0.15, 0.2) is 24.3 Å². The molecule has 6 N–H and O–H groups in total. The fourth-order valence-corrected chi connectivity index (χ4v) is 1.76. The van der Waals surface area contributed by atoms with Crippen LogP contribution >= 0.6 is 12.4 Å². The first kappa shape index (κ1) is 17.3. The maximum Gasteiger partial charge on any atom is 0.276 e. The molecule has 1 aromatic carbocycles. The molecular formula is C13H16ClN5O3. The molecule has 1 aromatic heterocycles. The van der Waals surface area contributed by atoms with Crippen LogP contribution in [0.25, 0.3) is 10.9 Å². The number of H-pyrrole nitrogens is 1. The molecule has 0 spiro atoms. The van der Waals surface area contributed by atoms with Crippen LogP contribution in [0.1, 0.15) is 10.5 Å². The highest BCUT2D eigenvalue weighted by Crippen LogP contribution is 2.22. The van der Waals surface area contributed by atoms with Gasteiger partial charge in [0.1, 0.15) is 11.4 Å². The van der Waals surface area contributed by atoms with Crippen LogP contribution in [0.5, 0.6) is 5.75 Å². The molecule has 118 valence electrons. The molecule has 2 aromatic rings. The number of benzene rings is 1. The summed E-state index contributed by atoms with van der Waals surface area (Å²) < 4.78 is 5.19. The first-order valence-electron chi connectivity index (χ1n) is 6.04. The highest BCUT2D eigenvalue weighted by Gasteiger charge is 2.16. The summed E-state index contributed by atoms with van der Waals surface area (Å²) in [4.78, 5) is 26.7. The number of hydrogen-bond acceptors (Lipinski definition) is 4. The number of ether oxygens (including phenoxy) is 1. The van der Waals surface area contributed by atoms with Crippen molar-refractivity contribution in [3.63, 3.8) is 0 Å². The second-order valence-electron chi connectivity index (χ2n) is 4.44. The predicted molar refractivity (Wildman–Crippen MR) is 84.2 cm³/mol. The molecule has 22 heavy (non-hydrogen) atoms. The number of aromatic nitrogens is 1. The van der Waals surface area contributed by atoms with E-state index < -0.39 is 11.8 Å². The predicted octanol–water partition coefficient (Wildman–Crippen LogP) is 0.419. The zero-order valence-electron chi connectivity index (χ0n) is 11.8. The summed E-state index contributed by atoms with van der Waals surface area (Å²) in [5.41, 5.74) is 11.2. The van der Waals surface area contributed by atoms with Crippen molar-refractivity contribution in [3.05, 3.63) is 30.0 Å². The van der Waals surface area contributed by atoms with E-state index >= 15 is 0 Å². The fraction of sp³-hybridized carbons (Fsp3) is 0.154. The minimum absolute atomic E-state index is 0. The molecule has 2 amide bonds. The van der Waals surface area contributed by atoms with Gasteiger partial charge in [-0.2, -0.15) is 0 Å². The van der Waals surface area contributed by atoms with Crippen LogP contribution in [0.2, 0.25) is 0 Å². The van der Waals surface area contributed by atoms with Crippen molar-refractivity contribution in [2.24, 2.45) is 11.5 Å². The molecule has 0 aliphatic rings. The standard InChI is InChI=1S/C13H15N5O3.ClH/c1-18(13(15)16)12(20)10-4-7-2-3-8(5-9(7)17-10)21-6-11(14)19;/h2-5,17H,6H2,1H3,(H2,14,19)(H3,15,16);1H. The average molecular weight is 326 g/mol. The monoisotopic (exact) mass is 325 g/mol. The van der Waals surface area contributed by atoms with Gasteiger partial charge in [-0.3, -0.25) is 19.9 Å². The molecular weight excluding hydrogens is 310 g/mol. The summed E-state index contributed by atoms with van der Waals surface area (Å²) in [6.45, 7) is -0.217. The van der Waals surface area contributed by atoms with Crippen molar-refractivity contribution < 1.29 is 14.3 Å². The number of hydrogen-bond donors (Lipinski definition) is 4. The van der Waals surface area contributed by atoms with E-state index in [1.54, 1.807) is 24.3 Å². The largest absolute Gasteiger partial charge is 0.484 e. The minimum Gasteiger partial charge on any atom is -0.484 e. The number of nitrogens with zero attached hydrogens (tertiary/aromatic N) is 1. The van der Waals surface area contributed by atoms with Gasteiger partial charge in [-0.15, -0.1) is 12.4 Å². The molecule has 0 aliphatic heterocycles. The summed E-state index contributed by atoms with van der Waals surface area (Å²) in [5.74, 6) is -0.870. The smallest absolute Gasteiger partial charge is 0.276 e. The molecule has 2 rings (SSSR count). The van der Waals surface area contributed by atoms with Gasteiger partial charge in [0.05, 0.1) is 0 Å². The van der Waals surface area contributed by atoms with E-state index in [1.807, 2.05) is 0 Å². The second-order valence-corrected chi connectivity index (χ2v) is 4.44. The third kappa shape index (κ3) is 3.67. The number of carbonyl (C=O) groups is 2. The number of primary amides is 1. The summed E-state index contributed by atoms with van der Waals surface area (Å²) in [7, 11) is 1.41. The topological polar surface area (TPSA) is 138 Å². The van der Waals surface area contributed by atoms with Crippen molar-refractivity contribution in [2.45, 2.75) is 0 Å². The molecule has 0 atom stereocenters. The number of amides is 2. The molecule has 9 heteroatoms. The van der Waals surface area contributed by atoms with Crippen molar-refractivity contribution >= 4 is 41.1 Å². The maximum absolute atomic E-state index is 12.0. The molecule has 0 aliphatic carbocycles. The van der Waals surface area contributed by atoms with Crippen LogP contribution in [-0.4, -0.2) is 41.3 Å². The van der Waals surface area contributed by atoms with Gasteiger partial charge >= 0.3 is 0 Å². The number of guanidine groups is 1. The lowest BCUT2D eigenvalue weighted by molar-refractivity contribution is -0.119. The summed E-state index contributed by atoms with van der Waals surface area (Å²) in [6.07, 6.45) is 0. The first-order valence-corrected chi connectivity index (χ1v) is 6.04. The average Bonchev–Trinajstić information content (AvgIpc) is 2.86. The molecule has 0 unspecified atom stereocenters. The Balaban J connectivity index is 0.00000242. The maximum atomic E-state index is 12.0. The fourth-order valence-electron chi connectivity index (χ4n) is 1.76. The van der Waals surface area contributed by atoms with E-state index in [0.717, 1.165) is 10.3 Å². The Morgan fingerprint density at radius 1 is 1.32 bits per heavy atom. The normalized spacial score (nSPS) is 9.86. The van der Waals surface area contributed by atoms with Gasteiger partial charge in [0.15, 0.2) is 12.6 Å². The van der Waals surface area contributed by atoms with Crippen LogP contribution in [0.4, 0.5) is 0 Å². The Kier molecular flexibility index (Phi) is 5.36. The van der Waals surface area contributed by atoms with Crippen LogP contribution in [-0.2, 0) is 4.79 Å². The van der Waals surface area contributed by atoms with Gasteiger partial charge in [0, 0.05) is 24.0 Å². The lowest BCUT2D eigenvalue weighted by atomic mass is 10.2. The first-order chi connectivity index (χ1) is 9.88. The van der Waals surface area contributed by atoms with Gasteiger partial charge in [0.2, 0.25) is 0 Å². The van der Waals surface area contributed by atoms with Gasteiger partial charge in [-0.05, 0) is 18.2 Å². The molecule has 0 bridgehead atoms. The summed E-state index contributed by atoms with van der Waals surface area (Å²) in [6, 6.07) is 6.71. The lowest BCUT2D eigenvalue weighted by Crippen LogP contribution is -2.38. The number of nitrogens with one attached hydrogen (secondary N) is 2. The van der Waals surface area contributed by atoms with Crippen molar-refractivity contribution in [1.29, 1.82) is 5.41 Å². The molecule has 1 heterocycles. The Hall–Kier alpha value is -2.74. The highest BCUT2D eigenvalue weighted by atomic mass is 35.5. The van der Waals surface area contributed by atoms with E-state index in [9.17, 15) is 9.59 Å². The van der Waals surface area contributed by atoms with E-state index in [1.165, 1.54) is 7.05 Å². The quantitative estimate of drug-likeness (QED) is 0.478. The van der Waals surface area contributed by atoms with Crippen molar-refractivity contribution in [2.75, 3.05) is 13.7 Å². The van der Waals surface area contributed by atoms with Crippen LogP contribution in [0, 0.1) is 5.41 Å². The highest BCUT2D eigenvalue weighted by molar-refractivity contribution is 6.05. The third-order valence-electron chi connectivity index (χ3n) is 2.87. The number of aromatic amines is 1. The Morgan fingerprint density at radius 2 is 2.00 bits per heavy atom. The molecule has 0 saturated carbocycles. The SMILES string of the molecule is CN(C(=N)N)C(=O)c1cc2ccc(OCC(N)=O)cc2[nH]1.Cl. The van der Waals surface area contributed by atoms with Crippen LogP contribution < -0.4 is 16.2 Å². The van der Waals surface area contributed by atoms with Gasteiger partial charge in [-0.1, -0.05) is 0 Å². The van der Waals surface area contributed by atoms with Crippen molar-refractivity contribution in [1.82, 2.24) is 9.88 Å². The Morgan fingerprint density at radius 3 is 2.59 bits per heavy atom. The number of nitrogens with two attached hydrogens (primary N) is 2. The van der Waals surface area contributed by atoms with Gasteiger partial charge < -0.3 is 21.2 Å². The van der Waals surface area contributed by atoms with E-state index in [0.29, 0.717) is 17.0 Å². The zero-order chi connectivity index (χ0) is 15.6. The Labute approximate surface area is 132 Å². The number of carbonyl (C=O) groups excluding carboxylic acids is 2. The number of fused-ring (bicyclic) bond motifs is 1. The summed E-state index contributed by atoms with van der Waals surface area (Å²) >= 11 is 0.